The Balaban J connectivity index is 2.37. The number of hydrogen-bond acceptors (Lipinski definition) is 4. The van der Waals surface area contributed by atoms with Gasteiger partial charge < -0.3 is 14.8 Å². The Bertz CT molecular complexity index is 571. The molecule has 4 nitrogen and oxygen atoms in total. The lowest BCUT2D eigenvalue weighted by molar-refractivity contribution is 0.101. The highest BCUT2D eigenvalue weighted by Gasteiger charge is 2.24. The van der Waals surface area contributed by atoms with Crippen LogP contribution in [0, 0.1) is 0 Å². The summed E-state index contributed by atoms with van der Waals surface area (Å²) in [7, 11) is 1.80. The Morgan fingerprint density at radius 3 is 2.79 bits per heavy atom. The van der Waals surface area contributed by atoms with Crippen LogP contribution in [0.4, 0.5) is 0 Å². The number of nitrogens with one attached hydrogen (secondary N) is 1. The van der Waals surface area contributed by atoms with Crippen molar-refractivity contribution in [1.29, 1.82) is 0 Å². The summed E-state index contributed by atoms with van der Waals surface area (Å²) in [6.45, 7) is 2.06. The van der Waals surface area contributed by atoms with Gasteiger partial charge in [0.1, 0.15) is 11.6 Å². The van der Waals surface area contributed by atoms with Crippen molar-refractivity contribution in [3.63, 3.8) is 0 Å². The van der Waals surface area contributed by atoms with E-state index in [9.17, 15) is 5.11 Å². The second-order valence-electron chi connectivity index (χ2n) is 4.42. The van der Waals surface area contributed by atoms with Crippen molar-refractivity contribution in [3.05, 3.63) is 28.1 Å². The number of aliphatic hydroxyl groups is 1. The third kappa shape index (κ3) is 3.03. The summed E-state index contributed by atoms with van der Waals surface area (Å²) in [5.74, 6) is 0.256. The number of rotatable bonds is 5. The summed E-state index contributed by atoms with van der Waals surface area (Å²) in [4.78, 5) is 4.26. The van der Waals surface area contributed by atoms with E-state index in [1.54, 1.807) is 19.2 Å². The number of hydrogen-bond donors (Lipinski definition) is 2. The predicted octanol–water partition coefficient (Wildman–Crippen LogP) is 3.56. The molecule has 1 aromatic heterocycles. The van der Waals surface area contributed by atoms with Crippen LogP contribution in [0.15, 0.2) is 16.5 Å². The van der Waals surface area contributed by atoms with E-state index in [2.05, 4.69) is 17.2 Å². The zero-order valence-electron chi connectivity index (χ0n) is 10.8. The fourth-order valence-corrected chi connectivity index (χ4v) is 2.57. The standard InChI is InChI=1S/C13H16Cl2N2O2/c1-3-4-9(16-2)11(18)13-17-10-6-7(14)5-8(15)12(10)19-13/h5-6,9,11,16,18H,3-4H2,1-2H3/t9-,11?/m0/s1. The molecule has 0 radical (unpaired) electrons. The van der Waals surface area contributed by atoms with Gasteiger partial charge in [-0.1, -0.05) is 36.5 Å². The van der Waals surface area contributed by atoms with E-state index in [0.29, 0.717) is 21.1 Å². The Hall–Kier alpha value is -0.810. The topological polar surface area (TPSA) is 58.3 Å². The molecule has 0 amide bonds. The first-order valence-corrected chi connectivity index (χ1v) is 6.93. The molecule has 1 heterocycles. The van der Waals surface area contributed by atoms with Gasteiger partial charge in [0, 0.05) is 11.1 Å². The first-order valence-electron chi connectivity index (χ1n) is 6.17. The molecule has 6 heteroatoms. The molecule has 0 aliphatic rings. The van der Waals surface area contributed by atoms with Gasteiger partial charge in [0.2, 0.25) is 5.89 Å². The van der Waals surface area contributed by atoms with Gasteiger partial charge in [-0.2, -0.15) is 0 Å². The van der Waals surface area contributed by atoms with E-state index in [1.807, 2.05) is 0 Å². The van der Waals surface area contributed by atoms with Gasteiger partial charge in [-0.15, -0.1) is 0 Å². The van der Waals surface area contributed by atoms with Gasteiger partial charge in [-0.3, -0.25) is 0 Å². The Labute approximate surface area is 121 Å². The zero-order chi connectivity index (χ0) is 14.0. The van der Waals surface area contributed by atoms with E-state index in [4.69, 9.17) is 27.6 Å². The highest BCUT2D eigenvalue weighted by Crippen LogP contribution is 2.31. The minimum atomic E-state index is -0.813. The van der Waals surface area contributed by atoms with E-state index in [-0.39, 0.29) is 11.9 Å². The van der Waals surface area contributed by atoms with Gasteiger partial charge >= 0.3 is 0 Å². The molecule has 1 aromatic carbocycles. The number of benzene rings is 1. The molecule has 19 heavy (non-hydrogen) atoms. The Morgan fingerprint density at radius 2 is 2.16 bits per heavy atom. The summed E-state index contributed by atoms with van der Waals surface area (Å²) in [6, 6.07) is 3.15. The first kappa shape index (κ1) is 14.6. The maximum atomic E-state index is 10.3. The lowest BCUT2D eigenvalue weighted by Crippen LogP contribution is -2.32. The van der Waals surface area contributed by atoms with Crippen LogP contribution >= 0.6 is 23.2 Å². The van der Waals surface area contributed by atoms with E-state index < -0.39 is 6.10 Å². The minimum Gasteiger partial charge on any atom is -0.436 e. The second-order valence-corrected chi connectivity index (χ2v) is 5.26. The van der Waals surface area contributed by atoms with E-state index in [1.165, 1.54) is 0 Å². The lowest BCUT2D eigenvalue weighted by atomic mass is 10.1. The summed E-state index contributed by atoms with van der Waals surface area (Å²) >= 11 is 12.0. The number of oxazole rings is 1. The average Bonchev–Trinajstić information content (AvgIpc) is 2.79. The van der Waals surface area contributed by atoms with Crippen LogP contribution in [0.5, 0.6) is 0 Å². The molecule has 0 fully saturated rings. The highest BCUT2D eigenvalue weighted by molar-refractivity contribution is 6.37. The maximum Gasteiger partial charge on any atom is 0.226 e. The molecule has 0 aliphatic carbocycles. The highest BCUT2D eigenvalue weighted by atomic mass is 35.5. The fourth-order valence-electron chi connectivity index (χ4n) is 2.05. The van der Waals surface area contributed by atoms with Gasteiger partial charge in [-0.05, 0) is 25.6 Å². The number of aromatic nitrogens is 1. The average molecular weight is 303 g/mol. The van der Waals surface area contributed by atoms with Crippen LogP contribution in [0.2, 0.25) is 10.0 Å². The van der Waals surface area contributed by atoms with Crippen molar-refractivity contribution in [2.45, 2.75) is 31.9 Å². The van der Waals surface area contributed by atoms with Crippen LogP contribution in [0.25, 0.3) is 11.1 Å². The maximum absolute atomic E-state index is 10.3. The number of likely N-dealkylation sites (N-methyl/N-ethyl adjacent to an activating group) is 1. The molecular weight excluding hydrogens is 287 g/mol. The number of halogens is 2. The molecule has 2 atom stereocenters. The summed E-state index contributed by atoms with van der Waals surface area (Å²) in [6.07, 6.45) is 0.965. The van der Waals surface area contributed by atoms with Gasteiger partial charge in [-0.25, -0.2) is 4.98 Å². The number of aliphatic hydroxyl groups excluding tert-OH is 1. The molecule has 2 rings (SSSR count). The van der Waals surface area contributed by atoms with Crippen LogP contribution in [-0.4, -0.2) is 23.2 Å². The molecule has 0 aliphatic heterocycles. The predicted molar refractivity (Wildman–Crippen MR) is 76.7 cm³/mol. The van der Waals surface area contributed by atoms with Crippen molar-refractivity contribution in [1.82, 2.24) is 10.3 Å². The second kappa shape index (κ2) is 6.09. The van der Waals surface area contributed by atoms with Crippen molar-refractivity contribution in [2.75, 3.05) is 7.05 Å². The zero-order valence-corrected chi connectivity index (χ0v) is 12.3. The lowest BCUT2D eigenvalue weighted by Gasteiger charge is -2.18. The third-order valence-corrected chi connectivity index (χ3v) is 3.53. The first-order chi connectivity index (χ1) is 9.06. The van der Waals surface area contributed by atoms with Crippen molar-refractivity contribution >= 4 is 34.3 Å². The monoisotopic (exact) mass is 302 g/mol. The fraction of sp³-hybridized carbons (Fsp3) is 0.462. The van der Waals surface area contributed by atoms with Gasteiger partial charge in [0.15, 0.2) is 5.58 Å². The van der Waals surface area contributed by atoms with E-state index >= 15 is 0 Å². The molecule has 2 N–H and O–H groups in total. The van der Waals surface area contributed by atoms with Crippen LogP contribution in [0.1, 0.15) is 31.8 Å². The molecule has 0 saturated heterocycles. The number of nitrogens with zero attached hydrogens (tertiary/aromatic N) is 1. The molecule has 2 aromatic rings. The SMILES string of the molecule is CCC[C@H](NC)C(O)c1nc2cc(Cl)cc(Cl)c2o1. The van der Waals surface area contributed by atoms with Crippen molar-refractivity contribution in [2.24, 2.45) is 0 Å². The number of fused-ring (bicyclic) bond motifs is 1. The van der Waals surface area contributed by atoms with Crippen LogP contribution in [0.3, 0.4) is 0 Å². The van der Waals surface area contributed by atoms with Gasteiger partial charge in [0.05, 0.1) is 5.02 Å². The van der Waals surface area contributed by atoms with Gasteiger partial charge in [0.25, 0.3) is 0 Å². The third-order valence-electron chi connectivity index (χ3n) is 3.03. The molecule has 0 bridgehead atoms. The summed E-state index contributed by atoms with van der Waals surface area (Å²) in [5.41, 5.74) is 1.00. The Morgan fingerprint density at radius 1 is 1.42 bits per heavy atom. The van der Waals surface area contributed by atoms with Crippen LogP contribution < -0.4 is 5.32 Å². The molecule has 0 spiro atoms. The normalized spacial score (nSPS) is 14.8. The minimum absolute atomic E-state index is 0.104. The molecule has 0 saturated carbocycles. The smallest absolute Gasteiger partial charge is 0.226 e. The van der Waals surface area contributed by atoms with Crippen molar-refractivity contribution < 1.29 is 9.52 Å². The van der Waals surface area contributed by atoms with Crippen molar-refractivity contribution in [3.8, 4) is 0 Å². The quantitative estimate of drug-likeness (QED) is 0.887. The molecule has 1 unspecified atom stereocenters. The van der Waals surface area contributed by atoms with E-state index in [0.717, 1.165) is 12.8 Å². The summed E-state index contributed by atoms with van der Waals surface area (Å²) in [5, 5.41) is 14.2. The molecular formula is C13H16Cl2N2O2. The summed E-state index contributed by atoms with van der Waals surface area (Å²) < 4.78 is 5.55. The molecule has 104 valence electrons. The largest absolute Gasteiger partial charge is 0.436 e. The van der Waals surface area contributed by atoms with Crippen LogP contribution in [-0.2, 0) is 0 Å². The Kier molecular flexibility index (Phi) is 4.68.